The summed E-state index contributed by atoms with van der Waals surface area (Å²) in [6.45, 7) is 1.40. The number of benzene rings is 1. The molecule has 0 aliphatic carbocycles. The average Bonchev–Trinajstić information content (AvgIpc) is 2.28. The molecule has 0 radical (unpaired) electrons. The zero-order valence-electron chi connectivity index (χ0n) is 8.86. The van der Waals surface area contributed by atoms with E-state index in [1.807, 2.05) is 4.90 Å². The van der Waals surface area contributed by atoms with Crippen LogP contribution in [0.1, 0.15) is 18.4 Å². The number of β-amino-alcohol motifs (C(OH)–C–C–N with tert-alkyl or cyclic N) is 1. The maximum absolute atomic E-state index is 9.63. The minimum absolute atomic E-state index is 0.323. The van der Waals surface area contributed by atoms with E-state index in [0.717, 1.165) is 25.1 Å². The van der Waals surface area contributed by atoms with Crippen molar-refractivity contribution in [1.29, 1.82) is 5.26 Å². The summed E-state index contributed by atoms with van der Waals surface area (Å²) in [5.41, 5.74) is 1.33. The van der Waals surface area contributed by atoms with Crippen LogP contribution in [0.25, 0.3) is 0 Å². The Morgan fingerprint density at radius 1 is 1.50 bits per heavy atom. The Morgan fingerprint density at radius 2 is 2.31 bits per heavy atom. The van der Waals surface area contributed by atoms with Gasteiger partial charge in [-0.1, -0.05) is 17.7 Å². The van der Waals surface area contributed by atoms with Gasteiger partial charge in [0.15, 0.2) is 0 Å². The monoisotopic (exact) mass is 236 g/mol. The second kappa shape index (κ2) is 4.73. The SMILES string of the molecule is N#Cc1cccc(Cl)c1N1CCC[C@@H](O)C1. The van der Waals surface area contributed by atoms with E-state index >= 15 is 0 Å². The first-order chi connectivity index (χ1) is 7.72. The van der Waals surface area contributed by atoms with Crippen LogP contribution in [-0.4, -0.2) is 24.3 Å². The first kappa shape index (κ1) is 11.3. The van der Waals surface area contributed by atoms with Gasteiger partial charge in [0.05, 0.1) is 22.4 Å². The quantitative estimate of drug-likeness (QED) is 0.813. The highest BCUT2D eigenvalue weighted by atomic mass is 35.5. The molecule has 1 aliphatic heterocycles. The van der Waals surface area contributed by atoms with Crippen LogP contribution in [-0.2, 0) is 0 Å². The van der Waals surface area contributed by atoms with Crippen LogP contribution in [0.15, 0.2) is 18.2 Å². The number of anilines is 1. The van der Waals surface area contributed by atoms with E-state index in [2.05, 4.69) is 6.07 Å². The fourth-order valence-corrected chi connectivity index (χ4v) is 2.38. The molecule has 3 nitrogen and oxygen atoms in total. The minimum Gasteiger partial charge on any atom is -0.391 e. The molecule has 1 aliphatic rings. The van der Waals surface area contributed by atoms with Crippen molar-refractivity contribution in [3.63, 3.8) is 0 Å². The van der Waals surface area contributed by atoms with Crippen LogP contribution in [0.2, 0.25) is 5.02 Å². The zero-order chi connectivity index (χ0) is 11.5. The molecule has 0 spiro atoms. The van der Waals surface area contributed by atoms with Crippen molar-refractivity contribution in [3.8, 4) is 6.07 Å². The largest absolute Gasteiger partial charge is 0.391 e. The second-order valence-corrected chi connectivity index (χ2v) is 4.40. The van der Waals surface area contributed by atoms with Gasteiger partial charge in [0.1, 0.15) is 6.07 Å². The van der Waals surface area contributed by atoms with Gasteiger partial charge in [-0.3, -0.25) is 0 Å². The molecular weight excluding hydrogens is 224 g/mol. The van der Waals surface area contributed by atoms with E-state index in [4.69, 9.17) is 16.9 Å². The molecule has 16 heavy (non-hydrogen) atoms. The summed E-state index contributed by atoms with van der Waals surface area (Å²) in [6, 6.07) is 7.44. The third-order valence-corrected chi connectivity index (χ3v) is 3.12. The third-order valence-electron chi connectivity index (χ3n) is 2.82. The van der Waals surface area contributed by atoms with Gasteiger partial charge in [-0.05, 0) is 25.0 Å². The summed E-state index contributed by atoms with van der Waals surface area (Å²) < 4.78 is 0. The van der Waals surface area contributed by atoms with Crippen LogP contribution < -0.4 is 4.90 Å². The Balaban J connectivity index is 2.35. The lowest BCUT2D eigenvalue weighted by Gasteiger charge is -2.33. The number of halogens is 1. The summed E-state index contributed by atoms with van der Waals surface area (Å²) in [5.74, 6) is 0. The van der Waals surface area contributed by atoms with Crippen molar-refractivity contribution < 1.29 is 5.11 Å². The van der Waals surface area contributed by atoms with E-state index < -0.39 is 0 Å². The van der Waals surface area contributed by atoms with Crippen molar-refractivity contribution in [2.45, 2.75) is 18.9 Å². The molecule has 0 bridgehead atoms. The van der Waals surface area contributed by atoms with E-state index in [9.17, 15) is 5.11 Å². The molecular formula is C12H13ClN2O. The highest BCUT2D eigenvalue weighted by molar-refractivity contribution is 6.33. The Labute approximate surface area is 99.9 Å². The number of para-hydroxylation sites is 1. The molecule has 1 aromatic rings. The van der Waals surface area contributed by atoms with Gasteiger partial charge in [-0.25, -0.2) is 0 Å². The van der Waals surface area contributed by atoms with Crippen LogP contribution in [0, 0.1) is 11.3 Å². The molecule has 0 aromatic heterocycles. The standard InChI is InChI=1S/C12H13ClN2O/c13-11-5-1-3-9(7-14)12(11)15-6-2-4-10(16)8-15/h1,3,5,10,16H,2,4,6,8H2/t10-/m1/s1. The summed E-state index contributed by atoms with van der Waals surface area (Å²) in [6.07, 6.45) is 1.43. The predicted octanol–water partition coefficient (Wildman–Crippen LogP) is 2.17. The zero-order valence-corrected chi connectivity index (χ0v) is 9.61. The van der Waals surface area contributed by atoms with Gasteiger partial charge < -0.3 is 10.0 Å². The minimum atomic E-state index is -0.323. The van der Waals surface area contributed by atoms with Crippen molar-refractivity contribution >= 4 is 17.3 Å². The molecule has 1 aromatic carbocycles. The highest BCUT2D eigenvalue weighted by Gasteiger charge is 2.21. The molecule has 0 saturated carbocycles. The number of aliphatic hydroxyl groups excluding tert-OH is 1. The summed E-state index contributed by atoms with van der Waals surface area (Å²) in [4.78, 5) is 2.00. The molecule has 4 heteroatoms. The maximum atomic E-state index is 9.63. The number of nitriles is 1. The predicted molar refractivity (Wildman–Crippen MR) is 63.6 cm³/mol. The van der Waals surface area contributed by atoms with Gasteiger partial charge in [-0.2, -0.15) is 5.26 Å². The van der Waals surface area contributed by atoms with Gasteiger partial charge in [0, 0.05) is 13.1 Å². The fourth-order valence-electron chi connectivity index (χ4n) is 2.08. The summed E-state index contributed by atoms with van der Waals surface area (Å²) in [5, 5.41) is 19.2. The normalized spacial score (nSPS) is 20.6. The lowest BCUT2D eigenvalue weighted by Crippen LogP contribution is -2.38. The van der Waals surface area contributed by atoms with Gasteiger partial charge in [-0.15, -0.1) is 0 Å². The third kappa shape index (κ3) is 2.13. The van der Waals surface area contributed by atoms with Crippen molar-refractivity contribution in [2.75, 3.05) is 18.0 Å². The topological polar surface area (TPSA) is 47.3 Å². The number of hydrogen-bond acceptors (Lipinski definition) is 3. The Hall–Kier alpha value is -1.24. The van der Waals surface area contributed by atoms with Crippen molar-refractivity contribution in [1.82, 2.24) is 0 Å². The number of aliphatic hydroxyl groups is 1. The maximum Gasteiger partial charge on any atom is 0.101 e. The average molecular weight is 237 g/mol. The first-order valence-electron chi connectivity index (χ1n) is 5.34. The molecule has 2 rings (SSSR count). The van der Waals surface area contributed by atoms with E-state index in [-0.39, 0.29) is 6.10 Å². The number of piperidine rings is 1. The van der Waals surface area contributed by atoms with E-state index in [1.165, 1.54) is 0 Å². The molecule has 1 heterocycles. The van der Waals surface area contributed by atoms with Crippen LogP contribution >= 0.6 is 11.6 Å². The Morgan fingerprint density at radius 3 is 3.00 bits per heavy atom. The second-order valence-electron chi connectivity index (χ2n) is 3.99. The van der Waals surface area contributed by atoms with Crippen LogP contribution in [0.3, 0.4) is 0 Å². The van der Waals surface area contributed by atoms with Gasteiger partial charge in [0.25, 0.3) is 0 Å². The van der Waals surface area contributed by atoms with Crippen molar-refractivity contribution in [2.24, 2.45) is 0 Å². The molecule has 1 fully saturated rings. The molecule has 0 unspecified atom stereocenters. The molecule has 1 saturated heterocycles. The van der Waals surface area contributed by atoms with E-state index in [0.29, 0.717) is 17.1 Å². The van der Waals surface area contributed by atoms with Gasteiger partial charge >= 0.3 is 0 Å². The number of hydrogen-bond donors (Lipinski definition) is 1. The molecule has 1 N–H and O–H groups in total. The van der Waals surface area contributed by atoms with Gasteiger partial charge in [0.2, 0.25) is 0 Å². The molecule has 1 atom stereocenters. The summed E-state index contributed by atoms with van der Waals surface area (Å²) >= 11 is 6.11. The Kier molecular flexibility index (Phi) is 3.33. The smallest absolute Gasteiger partial charge is 0.101 e. The Bertz CT molecular complexity index is 428. The number of nitrogens with zero attached hydrogens (tertiary/aromatic N) is 2. The van der Waals surface area contributed by atoms with Crippen LogP contribution in [0.5, 0.6) is 0 Å². The lowest BCUT2D eigenvalue weighted by molar-refractivity contribution is 0.154. The summed E-state index contributed by atoms with van der Waals surface area (Å²) in [7, 11) is 0. The fraction of sp³-hybridized carbons (Fsp3) is 0.417. The van der Waals surface area contributed by atoms with Crippen LogP contribution in [0.4, 0.5) is 5.69 Å². The number of rotatable bonds is 1. The lowest BCUT2D eigenvalue weighted by atomic mass is 10.1. The first-order valence-corrected chi connectivity index (χ1v) is 5.72. The van der Waals surface area contributed by atoms with E-state index in [1.54, 1.807) is 18.2 Å². The highest BCUT2D eigenvalue weighted by Crippen LogP contribution is 2.31. The molecule has 84 valence electrons. The van der Waals surface area contributed by atoms with Crippen molar-refractivity contribution in [3.05, 3.63) is 28.8 Å². The molecule has 0 amide bonds.